The number of hydrogen-bond acceptors (Lipinski definition) is 4. The molecule has 7 heteroatoms. The van der Waals surface area contributed by atoms with Crippen LogP contribution in [0.5, 0.6) is 0 Å². The Bertz CT molecular complexity index is 1070. The Morgan fingerprint density at radius 1 is 0.914 bits per heavy atom. The number of ether oxygens (including phenoxy) is 1. The van der Waals surface area contributed by atoms with E-state index >= 15 is 0 Å². The highest BCUT2D eigenvalue weighted by Gasteiger charge is 2.38. The maximum atomic E-state index is 13.2. The van der Waals surface area contributed by atoms with Crippen LogP contribution in [0.3, 0.4) is 0 Å². The summed E-state index contributed by atoms with van der Waals surface area (Å²) in [5.74, 6) is -1.28. The predicted octanol–water partition coefficient (Wildman–Crippen LogP) is 4.55. The van der Waals surface area contributed by atoms with Crippen LogP contribution in [0, 0.1) is 5.92 Å². The van der Waals surface area contributed by atoms with Gasteiger partial charge < -0.3 is 20.1 Å². The third-order valence-corrected chi connectivity index (χ3v) is 7.76. The molecule has 1 saturated heterocycles. The minimum absolute atomic E-state index is 0.000820. The highest BCUT2D eigenvalue weighted by Crippen LogP contribution is 2.44. The number of rotatable bonds is 5. The number of hydrogen-bond donors (Lipinski definition) is 2. The van der Waals surface area contributed by atoms with Gasteiger partial charge in [0.15, 0.2) is 0 Å². The lowest BCUT2D eigenvalue weighted by Crippen LogP contribution is -2.51. The van der Waals surface area contributed by atoms with Crippen molar-refractivity contribution in [2.45, 2.75) is 62.9 Å². The molecule has 0 aromatic heterocycles. The van der Waals surface area contributed by atoms with Crippen LogP contribution in [-0.4, -0.2) is 53.2 Å². The number of carbonyl (C=O) groups is 3. The number of carboxylic acids is 1. The molecule has 0 spiro atoms. The van der Waals surface area contributed by atoms with Crippen LogP contribution in [0.25, 0.3) is 11.1 Å². The first-order chi connectivity index (χ1) is 17.0. The van der Waals surface area contributed by atoms with Gasteiger partial charge in [-0.15, -0.1) is 0 Å². The van der Waals surface area contributed by atoms with Gasteiger partial charge in [-0.25, -0.2) is 9.59 Å². The fraction of sp³-hybridized carbons (Fsp3) is 0.464. The van der Waals surface area contributed by atoms with Crippen LogP contribution in [0.15, 0.2) is 48.5 Å². The first-order valence-electron chi connectivity index (χ1n) is 12.7. The molecule has 1 aliphatic heterocycles. The van der Waals surface area contributed by atoms with Gasteiger partial charge in [0.25, 0.3) is 0 Å². The Balaban J connectivity index is 1.18. The molecule has 2 N–H and O–H groups in total. The maximum absolute atomic E-state index is 13.2. The molecule has 1 saturated carbocycles. The molecule has 0 radical (unpaired) electrons. The second-order valence-corrected chi connectivity index (χ2v) is 9.91. The van der Waals surface area contributed by atoms with Gasteiger partial charge in [0.05, 0.1) is 0 Å². The summed E-state index contributed by atoms with van der Waals surface area (Å²) in [6.07, 6.45) is 4.56. The van der Waals surface area contributed by atoms with E-state index in [1.165, 1.54) is 22.3 Å². The summed E-state index contributed by atoms with van der Waals surface area (Å²) in [6, 6.07) is 15.6. The molecule has 2 aromatic rings. The molecule has 184 valence electrons. The second-order valence-electron chi connectivity index (χ2n) is 9.91. The van der Waals surface area contributed by atoms with Gasteiger partial charge in [-0.05, 0) is 60.8 Å². The summed E-state index contributed by atoms with van der Waals surface area (Å²) in [4.78, 5) is 39.0. The van der Waals surface area contributed by atoms with Gasteiger partial charge in [0.1, 0.15) is 12.6 Å². The highest BCUT2D eigenvalue weighted by atomic mass is 16.5. The summed E-state index contributed by atoms with van der Waals surface area (Å²) in [7, 11) is 0. The Labute approximate surface area is 205 Å². The Morgan fingerprint density at radius 2 is 1.60 bits per heavy atom. The topological polar surface area (TPSA) is 95.9 Å². The number of nitrogens with one attached hydrogen (secondary N) is 1. The summed E-state index contributed by atoms with van der Waals surface area (Å²) in [6.45, 7) is 0.750. The van der Waals surface area contributed by atoms with Gasteiger partial charge in [-0.3, -0.25) is 4.79 Å². The van der Waals surface area contributed by atoms with Gasteiger partial charge in [-0.1, -0.05) is 55.0 Å². The SMILES string of the molecule is O=C(NC1CCCC(C(=O)N2CCCCC2C(=O)O)C1)OCC1c2ccccc2-c2ccccc21. The molecule has 2 aromatic carbocycles. The number of likely N-dealkylation sites (tertiary alicyclic amines) is 1. The van der Waals surface area contributed by atoms with E-state index in [0.29, 0.717) is 19.4 Å². The normalized spacial score (nSPS) is 23.8. The molecule has 3 aliphatic rings. The van der Waals surface area contributed by atoms with Crippen molar-refractivity contribution in [3.63, 3.8) is 0 Å². The van der Waals surface area contributed by atoms with Crippen LogP contribution in [0.2, 0.25) is 0 Å². The third kappa shape index (κ3) is 4.77. The van der Waals surface area contributed by atoms with Crippen molar-refractivity contribution in [2.75, 3.05) is 13.2 Å². The minimum atomic E-state index is -0.929. The number of alkyl carbamates (subject to hydrolysis) is 1. The van der Waals surface area contributed by atoms with Crippen molar-refractivity contribution in [1.82, 2.24) is 10.2 Å². The monoisotopic (exact) mass is 476 g/mol. The van der Waals surface area contributed by atoms with Crippen molar-refractivity contribution >= 4 is 18.0 Å². The smallest absolute Gasteiger partial charge is 0.407 e. The predicted molar refractivity (Wildman–Crippen MR) is 131 cm³/mol. The zero-order chi connectivity index (χ0) is 24.4. The quantitative estimate of drug-likeness (QED) is 0.660. The van der Waals surface area contributed by atoms with Crippen LogP contribution < -0.4 is 5.32 Å². The van der Waals surface area contributed by atoms with Crippen LogP contribution in [-0.2, 0) is 14.3 Å². The maximum Gasteiger partial charge on any atom is 0.407 e. The van der Waals surface area contributed by atoms with E-state index in [0.717, 1.165) is 32.1 Å². The van der Waals surface area contributed by atoms with Crippen LogP contribution >= 0.6 is 0 Å². The first kappa shape index (κ1) is 23.4. The van der Waals surface area contributed by atoms with Crippen molar-refractivity contribution < 1.29 is 24.2 Å². The molecule has 2 aliphatic carbocycles. The molecule has 3 unspecified atom stereocenters. The number of carbonyl (C=O) groups excluding carboxylic acids is 2. The minimum Gasteiger partial charge on any atom is -0.480 e. The lowest BCUT2D eigenvalue weighted by atomic mass is 9.84. The lowest BCUT2D eigenvalue weighted by molar-refractivity contribution is -0.154. The van der Waals surface area contributed by atoms with Gasteiger partial charge >= 0.3 is 12.1 Å². The van der Waals surface area contributed by atoms with E-state index in [9.17, 15) is 19.5 Å². The first-order valence-corrected chi connectivity index (χ1v) is 12.7. The molecule has 7 nitrogen and oxygen atoms in total. The van der Waals surface area contributed by atoms with Crippen LogP contribution in [0.1, 0.15) is 62.0 Å². The number of amides is 2. The Kier molecular flexibility index (Phi) is 6.75. The van der Waals surface area contributed by atoms with Crippen molar-refractivity contribution in [1.29, 1.82) is 0 Å². The molecule has 2 fully saturated rings. The fourth-order valence-corrected chi connectivity index (χ4v) is 6.04. The number of fused-ring (bicyclic) bond motifs is 3. The average Bonchev–Trinajstić information content (AvgIpc) is 3.21. The lowest BCUT2D eigenvalue weighted by Gasteiger charge is -2.37. The van der Waals surface area contributed by atoms with Crippen molar-refractivity contribution in [2.24, 2.45) is 5.92 Å². The van der Waals surface area contributed by atoms with Crippen molar-refractivity contribution in [3.8, 4) is 11.1 Å². The van der Waals surface area contributed by atoms with Crippen molar-refractivity contribution in [3.05, 3.63) is 59.7 Å². The van der Waals surface area contributed by atoms with Gasteiger partial charge in [-0.2, -0.15) is 0 Å². The second kappa shape index (κ2) is 10.1. The van der Waals surface area contributed by atoms with Gasteiger partial charge in [0, 0.05) is 24.4 Å². The average molecular weight is 477 g/mol. The van der Waals surface area contributed by atoms with E-state index in [1.807, 2.05) is 24.3 Å². The molecule has 1 heterocycles. The standard InChI is InChI=1S/C28H32N2O5/c31-26(30-15-6-5-14-25(30)27(32)33)18-8-7-9-19(16-18)29-28(34)35-17-24-22-12-3-1-10-20(22)21-11-2-4-13-23(21)24/h1-4,10-13,18-19,24-25H,5-9,14-17H2,(H,29,34)(H,32,33). The highest BCUT2D eigenvalue weighted by molar-refractivity contribution is 5.85. The third-order valence-electron chi connectivity index (χ3n) is 7.76. The molecule has 5 rings (SSSR count). The summed E-state index contributed by atoms with van der Waals surface area (Å²) < 4.78 is 5.68. The van der Waals surface area contributed by atoms with Crippen LogP contribution in [0.4, 0.5) is 4.79 Å². The van der Waals surface area contributed by atoms with E-state index in [2.05, 4.69) is 29.6 Å². The van der Waals surface area contributed by atoms with E-state index < -0.39 is 18.1 Å². The molecule has 35 heavy (non-hydrogen) atoms. The molecule has 3 atom stereocenters. The Morgan fingerprint density at radius 3 is 2.29 bits per heavy atom. The zero-order valence-electron chi connectivity index (χ0n) is 19.8. The van der Waals surface area contributed by atoms with E-state index in [-0.39, 0.29) is 30.4 Å². The number of piperidine rings is 1. The fourth-order valence-electron chi connectivity index (χ4n) is 6.04. The summed E-state index contributed by atoms with van der Waals surface area (Å²) in [5.41, 5.74) is 4.70. The van der Waals surface area contributed by atoms with E-state index in [4.69, 9.17) is 4.74 Å². The summed E-state index contributed by atoms with van der Waals surface area (Å²) in [5, 5.41) is 12.5. The zero-order valence-corrected chi connectivity index (χ0v) is 19.8. The number of nitrogens with zero attached hydrogens (tertiary/aromatic N) is 1. The Hall–Kier alpha value is -3.35. The largest absolute Gasteiger partial charge is 0.480 e. The molecule has 2 amide bonds. The van der Waals surface area contributed by atoms with E-state index in [1.54, 1.807) is 4.90 Å². The molecular weight excluding hydrogens is 444 g/mol. The summed E-state index contributed by atoms with van der Waals surface area (Å²) >= 11 is 0. The molecule has 0 bridgehead atoms. The number of aliphatic carboxylic acids is 1. The number of benzene rings is 2. The van der Waals surface area contributed by atoms with Gasteiger partial charge in [0.2, 0.25) is 5.91 Å². The number of carboxylic acid groups (broad SMARTS) is 1. The molecular formula is C28H32N2O5.